The number of methoxy groups -OCH3 is 1. The van der Waals surface area contributed by atoms with Crippen LogP contribution in [0.4, 0.5) is 10.1 Å². The minimum atomic E-state index is -0.843. The number of hydrogen-bond acceptors (Lipinski definition) is 5. The van der Waals surface area contributed by atoms with Crippen LogP contribution in [0.5, 0.6) is 11.5 Å². The minimum Gasteiger partial charge on any atom is -0.496 e. The Morgan fingerprint density at radius 3 is 2.37 bits per heavy atom. The van der Waals surface area contributed by atoms with E-state index in [0.29, 0.717) is 37.3 Å². The summed E-state index contributed by atoms with van der Waals surface area (Å²) in [5.74, 6) is -3.09. The van der Waals surface area contributed by atoms with Crippen LogP contribution in [-0.4, -0.2) is 42.6 Å². The summed E-state index contributed by atoms with van der Waals surface area (Å²) < 4.78 is 25.9. The molecule has 0 spiro atoms. The van der Waals surface area contributed by atoms with Gasteiger partial charge in [0.25, 0.3) is 11.8 Å². The first-order valence-electron chi connectivity index (χ1n) is 12.7. The third-order valence-corrected chi connectivity index (χ3v) is 7.76. The number of carboxylic acids is 1. The summed E-state index contributed by atoms with van der Waals surface area (Å²) in [6.07, 6.45) is 4.66. The molecule has 0 atom stereocenters. The fraction of sp³-hybridized carbons (Fsp3) is 0.464. The monoisotopic (exact) mass is 546 g/mol. The predicted molar refractivity (Wildman–Crippen MR) is 141 cm³/mol. The summed E-state index contributed by atoms with van der Waals surface area (Å²) in [5, 5.41) is 15.2. The molecule has 2 aliphatic carbocycles. The molecule has 8 nitrogen and oxygen atoms in total. The Kier molecular flexibility index (Phi) is 8.45. The zero-order valence-corrected chi connectivity index (χ0v) is 22.2. The lowest BCUT2D eigenvalue weighted by atomic mass is 9.70. The predicted octanol–water partition coefficient (Wildman–Crippen LogP) is 5.68. The summed E-state index contributed by atoms with van der Waals surface area (Å²) in [6.45, 7) is 2.66. The highest BCUT2D eigenvalue weighted by atomic mass is 35.5. The van der Waals surface area contributed by atoms with Gasteiger partial charge in [-0.25, -0.2) is 4.39 Å². The van der Waals surface area contributed by atoms with Crippen LogP contribution in [0.3, 0.4) is 0 Å². The Balaban J connectivity index is 1.51. The molecule has 2 aromatic rings. The van der Waals surface area contributed by atoms with Gasteiger partial charge in [-0.15, -0.1) is 0 Å². The largest absolute Gasteiger partial charge is 0.496 e. The van der Waals surface area contributed by atoms with Crippen LogP contribution in [0.25, 0.3) is 0 Å². The van der Waals surface area contributed by atoms with Gasteiger partial charge in [-0.3, -0.25) is 14.4 Å². The van der Waals surface area contributed by atoms with Crippen LogP contribution >= 0.6 is 11.6 Å². The molecule has 0 unspecified atom stereocenters. The maximum atomic E-state index is 14.8. The second-order valence-electron chi connectivity index (χ2n) is 10.4. The van der Waals surface area contributed by atoms with E-state index in [4.69, 9.17) is 21.1 Å². The molecule has 2 aliphatic rings. The third-order valence-electron chi connectivity index (χ3n) is 7.53. The smallest absolute Gasteiger partial charge is 0.306 e. The van der Waals surface area contributed by atoms with Crippen molar-refractivity contribution in [3.8, 4) is 11.5 Å². The maximum Gasteiger partial charge on any atom is 0.306 e. The number of amides is 2. The normalized spacial score (nSPS) is 20.1. The number of halogens is 2. The van der Waals surface area contributed by atoms with Gasteiger partial charge in [0.1, 0.15) is 5.75 Å². The number of ether oxygens (including phenoxy) is 2. The Morgan fingerprint density at radius 2 is 1.76 bits per heavy atom. The van der Waals surface area contributed by atoms with E-state index in [0.717, 1.165) is 25.3 Å². The minimum absolute atomic E-state index is 0.00660. The van der Waals surface area contributed by atoms with Crippen LogP contribution in [0.2, 0.25) is 5.02 Å². The van der Waals surface area contributed by atoms with E-state index in [1.807, 2.05) is 0 Å². The van der Waals surface area contributed by atoms with Crippen molar-refractivity contribution in [1.29, 1.82) is 0 Å². The SMILES string of the molecule is COc1cc(F)c(OC2CCC(C(=O)O)CC2)cc1C(=O)Nc1cc(Cl)ccc1C(=O)NCC1(C)CCC1. The van der Waals surface area contributed by atoms with Crippen molar-refractivity contribution in [3.63, 3.8) is 0 Å². The maximum absolute atomic E-state index is 14.8. The van der Waals surface area contributed by atoms with Crippen LogP contribution in [0.15, 0.2) is 30.3 Å². The van der Waals surface area contributed by atoms with Crippen molar-refractivity contribution in [2.45, 2.75) is 58.0 Å². The van der Waals surface area contributed by atoms with E-state index in [1.54, 1.807) is 12.1 Å². The molecule has 0 aromatic heterocycles. The molecule has 2 saturated carbocycles. The fourth-order valence-corrected chi connectivity index (χ4v) is 5.10. The van der Waals surface area contributed by atoms with Crippen LogP contribution in [0, 0.1) is 17.2 Å². The Hall–Kier alpha value is -3.33. The number of nitrogens with one attached hydrogen (secondary N) is 2. The van der Waals surface area contributed by atoms with Crippen molar-refractivity contribution in [3.05, 3.63) is 52.3 Å². The molecule has 38 heavy (non-hydrogen) atoms. The molecule has 2 amide bonds. The highest BCUT2D eigenvalue weighted by Gasteiger charge is 2.32. The van der Waals surface area contributed by atoms with Gasteiger partial charge < -0.3 is 25.2 Å². The molecule has 2 aromatic carbocycles. The van der Waals surface area contributed by atoms with Crippen LogP contribution in [-0.2, 0) is 4.79 Å². The Morgan fingerprint density at radius 1 is 1.05 bits per heavy atom. The van der Waals surface area contributed by atoms with E-state index >= 15 is 0 Å². The van der Waals surface area contributed by atoms with Gasteiger partial charge in [0.05, 0.1) is 35.9 Å². The summed E-state index contributed by atoms with van der Waals surface area (Å²) in [4.78, 5) is 37.5. The van der Waals surface area contributed by atoms with Crippen LogP contribution in [0.1, 0.15) is 72.6 Å². The molecule has 3 N–H and O–H groups in total. The van der Waals surface area contributed by atoms with Gasteiger partial charge in [0.15, 0.2) is 11.6 Å². The first-order valence-corrected chi connectivity index (χ1v) is 13.1. The van der Waals surface area contributed by atoms with Gasteiger partial charge in [0, 0.05) is 17.6 Å². The molecular formula is C28H32ClFN2O6. The Labute approximate surface area is 225 Å². The lowest BCUT2D eigenvalue weighted by Crippen LogP contribution is -2.40. The molecule has 10 heteroatoms. The average molecular weight is 547 g/mol. The quantitative estimate of drug-likeness (QED) is 0.373. The molecule has 0 saturated heterocycles. The summed E-state index contributed by atoms with van der Waals surface area (Å²) in [5.41, 5.74) is 0.547. The third kappa shape index (κ3) is 6.38. The number of carboxylic acid groups (broad SMARTS) is 1. The van der Waals surface area contributed by atoms with Gasteiger partial charge in [-0.2, -0.15) is 0 Å². The number of carbonyl (C=O) groups is 3. The zero-order chi connectivity index (χ0) is 27.4. The standard InChI is InChI=1S/C28H32ClFN2O6/c1-28(10-3-11-28)15-31-25(33)19-9-6-17(29)12-22(19)32-26(34)20-13-24(21(30)14-23(20)37-2)38-18-7-4-16(5-8-18)27(35)36/h6,9,12-14,16,18H,3-5,7-8,10-11,15H2,1-2H3,(H,31,33)(H,32,34)(H,35,36). The second-order valence-corrected chi connectivity index (χ2v) is 10.8. The number of benzene rings is 2. The van der Waals surface area contributed by atoms with Gasteiger partial charge in [-0.05, 0) is 68.2 Å². The van der Waals surface area contributed by atoms with Crippen molar-refractivity contribution in [2.24, 2.45) is 11.3 Å². The van der Waals surface area contributed by atoms with Gasteiger partial charge in [0.2, 0.25) is 0 Å². The zero-order valence-electron chi connectivity index (χ0n) is 21.4. The van der Waals surface area contributed by atoms with Crippen molar-refractivity contribution in [1.82, 2.24) is 5.32 Å². The molecular weight excluding hydrogens is 515 g/mol. The molecule has 204 valence electrons. The first-order chi connectivity index (χ1) is 18.1. The highest BCUT2D eigenvalue weighted by Crippen LogP contribution is 2.39. The van der Waals surface area contributed by atoms with E-state index in [9.17, 15) is 23.9 Å². The topological polar surface area (TPSA) is 114 Å². The van der Waals surface area contributed by atoms with E-state index in [-0.39, 0.29) is 45.7 Å². The van der Waals surface area contributed by atoms with E-state index in [1.165, 1.54) is 19.2 Å². The van der Waals surface area contributed by atoms with Crippen LogP contribution < -0.4 is 20.1 Å². The van der Waals surface area contributed by atoms with E-state index < -0.39 is 23.6 Å². The number of rotatable bonds is 9. The lowest BCUT2D eigenvalue weighted by molar-refractivity contribution is -0.143. The molecule has 4 rings (SSSR count). The number of carbonyl (C=O) groups excluding carboxylic acids is 2. The van der Waals surface area contributed by atoms with Gasteiger partial charge in [-0.1, -0.05) is 24.9 Å². The first kappa shape index (κ1) is 27.7. The van der Waals surface area contributed by atoms with E-state index in [2.05, 4.69) is 17.6 Å². The number of aliphatic carboxylic acids is 1. The molecule has 0 bridgehead atoms. The summed E-state index contributed by atoms with van der Waals surface area (Å²) in [7, 11) is 1.32. The average Bonchev–Trinajstić information content (AvgIpc) is 2.87. The second kappa shape index (κ2) is 11.6. The number of hydrogen-bond donors (Lipinski definition) is 3. The van der Waals surface area contributed by atoms with Crippen molar-refractivity contribution < 1.29 is 33.4 Å². The van der Waals surface area contributed by atoms with Gasteiger partial charge >= 0.3 is 5.97 Å². The molecule has 0 radical (unpaired) electrons. The highest BCUT2D eigenvalue weighted by molar-refractivity contribution is 6.31. The number of anilines is 1. The fourth-order valence-electron chi connectivity index (χ4n) is 4.93. The van der Waals surface area contributed by atoms with Crippen molar-refractivity contribution >= 4 is 35.1 Å². The molecule has 0 heterocycles. The molecule has 0 aliphatic heterocycles. The molecule has 2 fully saturated rings. The summed E-state index contributed by atoms with van der Waals surface area (Å²) in [6, 6.07) is 6.92. The summed E-state index contributed by atoms with van der Waals surface area (Å²) >= 11 is 6.16. The Bertz CT molecular complexity index is 1220. The lowest BCUT2D eigenvalue weighted by Gasteiger charge is -2.38. The van der Waals surface area contributed by atoms with Crippen molar-refractivity contribution in [2.75, 3.05) is 19.0 Å².